The molecular weight excluding hydrogens is 258 g/mol. The van der Waals surface area contributed by atoms with Crippen molar-refractivity contribution in [2.24, 2.45) is 0 Å². The lowest BCUT2D eigenvalue weighted by Gasteiger charge is -2.36. The van der Waals surface area contributed by atoms with E-state index in [1.54, 1.807) is 6.92 Å². The largest absolute Gasteiger partial charge is 0.402 e. The van der Waals surface area contributed by atoms with Crippen molar-refractivity contribution in [3.8, 4) is 0 Å². The van der Waals surface area contributed by atoms with Gasteiger partial charge in [-0.3, -0.25) is 10.1 Å². The molecule has 1 aliphatic rings. The van der Waals surface area contributed by atoms with Gasteiger partial charge in [0.05, 0.1) is 6.10 Å². The molecule has 1 saturated heterocycles. The molecule has 8 heteroatoms. The van der Waals surface area contributed by atoms with E-state index in [0.717, 1.165) is 0 Å². The van der Waals surface area contributed by atoms with Gasteiger partial charge in [0.2, 0.25) is 0 Å². The molecule has 1 aliphatic heterocycles. The zero-order valence-corrected chi connectivity index (χ0v) is 11.0. The first-order valence-corrected chi connectivity index (χ1v) is 6.38. The SMILES string of the molecule is CCC(C)[OH+][C@@H]1OC(CCO)[C@@H](O)C(O)C1[N+](=O)[O-]. The second kappa shape index (κ2) is 7.11. The molecule has 0 aromatic carbocycles. The number of rotatable bonds is 6. The molecule has 19 heavy (non-hydrogen) atoms. The highest BCUT2D eigenvalue weighted by molar-refractivity contribution is 4.89. The Hall–Kier alpha value is -0.800. The van der Waals surface area contributed by atoms with Crippen molar-refractivity contribution in [2.45, 2.75) is 63.4 Å². The first-order valence-electron chi connectivity index (χ1n) is 6.38. The maximum atomic E-state index is 11.0. The predicted octanol–water partition coefficient (Wildman–Crippen LogP) is -1.21. The topological polar surface area (TPSA) is 126 Å². The molecule has 1 heterocycles. The smallest absolute Gasteiger partial charge is 0.337 e. The highest BCUT2D eigenvalue weighted by Crippen LogP contribution is 2.25. The summed E-state index contributed by atoms with van der Waals surface area (Å²) in [5, 5.41) is 39.5. The summed E-state index contributed by atoms with van der Waals surface area (Å²) in [5.41, 5.74) is 0. The van der Waals surface area contributed by atoms with Crippen molar-refractivity contribution < 1.29 is 29.7 Å². The standard InChI is InChI=1S/C11H21NO7/c1-3-6(2)18-11-8(12(16)17)10(15)9(14)7(19-11)4-5-13/h6-11,13-15H,3-5H2,1-2H3/p+1/t6?,7?,8?,9-,10?,11-/m1/s1. The van der Waals surface area contributed by atoms with Crippen LogP contribution >= 0.6 is 0 Å². The fraction of sp³-hybridized carbons (Fsp3) is 1.00. The lowest BCUT2D eigenvalue weighted by Crippen LogP contribution is -2.62. The van der Waals surface area contributed by atoms with Crippen LogP contribution in [-0.2, 0) is 4.74 Å². The molecule has 0 spiro atoms. The lowest BCUT2D eigenvalue weighted by molar-refractivity contribution is -0.586. The zero-order valence-electron chi connectivity index (χ0n) is 11.0. The first-order chi connectivity index (χ1) is 8.92. The van der Waals surface area contributed by atoms with Crippen LogP contribution in [0.2, 0.25) is 0 Å². The third-order valence-electron chi connectivity index (χ3n) is 3.34. The normalized spacial score (nSPS) is 37.0. The number of hydrogen-bond acceptors (Lipinski definition) is 6. The van der Waals surface area contributed by atoms with Gasteiger partial charge in [0.25, 0.3) is 0 Å². The minimum Gasteiger partial charge on any atom is -0.402 e. The van der Waals surface area contributed by atoms with Crippen LogP contribution in [0.5, 0.6) is 0 Å². The van der Waals surface area contributed by atoms with Gasteiger partial charge < -0.3 is 24.8 Å². The Morgan fingerprint density at radius 2 is 2.05 bits per heavy atom. The third-order valence-corrected chi connectivity index (χ3v) is 3.34. The number of nitro groups is 1. The molecule has 0 amide bonds. The van der Waals surface area contributed by atoms with Crippen LogP contribution in [-0.4, -0.2) is 68.3 Å². The summed E-state index contributed by atoms with van der Waals surface area (Å²) in [6, 6.07) is -1.49. The van der Waals surface area contributed by atoms with Gasteiger partial charge in [-0.2, -0.15) is 0 Å². The second-order valence-corrected chi connectivity index (χ2v) is 4.74. The number of aliphatic hydroxyl groups is 5. The van der Waals surface area contributed by atoms with Gasteiger partial charge in [-0.25, -0.2) is 0 Å². The fourth-order valence-corrected chi connectivity index (χ4v) is 2.01. The highest BCUT2D eigenvalue weighted by atomic mass is 16.7. The van der Waals surface area contributed by atoms with Crippen molar-refractivity contribution in [1.29, 1.82) is 0 Å². The van der Waals surface area contributed by atoms with Gasteiger partial charge in [-0.15, -0.1) is 0 Å². The van der Waals surface area contributed by atoms with Crippen LogP contribution in [0.4, 0.5) is 0 Å². The molecule has 1 rings (SSSR count). The molecule has 0 bridgehead atoms. The van der Waals surface area contributed by atoms with Gasteiger partial charge in [0, 0.05) is 24.9 Å². The minimum absolute atomic E-state index is 0.0924. The van der Waals surface area contributed by atoms with Gasteiger partial charge in [-0.1, -0.05) is 6.92 Å². The monoisotopic (exact) mass is 280 g/mol. The number of nitrogens with zero attached hydrogens (tertiary/aromatic N) is 1. The molecule has 0 aromatic heterocycles. The maximum absolute atomic E-state index is 11.0. The number of ether oxygens (including phenoxy) is 2. The molecule has 4 N–H and O–H groups in total. The van der Waals surface area contributed by atoms with E-state index < -0.39 is 35.6 Å². The average Bonchev–Trinajstić information content (AvgIpc) is 2.35. The van der Waals surface area contributed by atoms with E-state index in [2.05, 4.69) is 4.74 Å². The molecule has 0 saturated carbocycles. The Bertz CT molecular complexity index is 301. The van der Waals surface area contributed by atoms with E-state index in [1.165, 1.54) is 0 Å². The lowest BCUT2D eigenvalue weighted by atomic mass is 9.95. The Balaban J connectivity index is 2.85. The van der Waals surface area contributed by atoms with E-state index >= 15 is 0 Å². The van der Waals surface area contributed by atoms with Crippen molar-refractivity contribution in [2.75, 3.05) is 6.61 Å². The summed E-state index contributed by atoms with van der Waals surface area (Å²) in [6.45, 7) is 3.43. The highest BCUT2D eigenvalue weighted by Gasteiger charge is 2.55. The average molecular weight is 280 g/mol. The Kier molecular flexibility index (Phi) is 6.08. The second-order valence-electron chi connectivity index (χ2n) is 4.74. The summed E-state index contributed by atoms with van der Waals surface area (Å²) in [6.07, 6.45) is -4.29. The van der Waals surface area contributed by atoms with Crippen molar-refractivity contribution in [1.82, 2.24) is 0 Å². The van der Waals surface area contributed by atoms with Crippen molar-refractivity contribution in [3.63, 3.8) is 0 Å². The third kappa shape index (κ3) is 3.83. The first kappa shape index (κ1) is 16.3. The van der Waals surface area contributed by atoms with E-state index in [0.29, 0.717) is 6.42 Å². The fourth-order valence-electron chi connectivity index (χ4n) is 2.01. The van der Waals surface area contributed by atoms with Gasteiger partial charge in [0.15, 0.2) is 12.2 Å². The van der Waals surface area contributed by atoms with Crippen LogP contribution in [0.1, 0.15) is 26.7 Å². The van der Waals surface area contributed by atoms with Crippen molar-refractivity contribution in [3.05, 3.63) is 10.1 Å². The molecule has 8 nitrogen and oxygen atoms in total. The summed E-state index contributed by atoms with van der Waals surface area (Å²) >= 11 is 0. The molecule has 4 unspecified atom stereocenters. The quantitative estimate of drug-likeness (QED) is 0.318. The van der Waals surface area contributed by atoms with E-state index in [4.69, 9.17) is 9.84 Å². The van der Waals surface area contributed by atoms with E-state index in [1.807, 2.05) is 6.92 Å². The molecule has 112 valence electrons. The zero-order chi connectivity index (χ0) is 14.6. The molecule has 1 fully saturated rings. The van der Waals surface area contributed by atoms with Gasteiger partial charge in [0.1, 0.15) is 6.10 Å². The van der Waals surface area contributed by atoms with Crippen LogP contribution < -0.4 is 0 Å². The van der Waals surface area contributed by atoms with Crippen molar-refractivity contribution >= 4 is 0 Å². The molecular formula is C11H22NO7+. The summed E-state index contributed by atoms with van der Waals surface area (Å²) in [7, 11) is 0. The van der Waals surface area contributed by atoms with Gasteiger partial charge >= 0.3 is 12.3 Å². The summed E-state index contributed by atoms with van der Waals surface area (Å²) in [4.78, 5) is 10.3. The van der Waals surface area contributed by atoms with Crippen LogP contribution in [0, 0.1) is 10.1 Å². The Morgan fingerprint density at radius 3 is 2.53 bits per heavy atom. The van der Waals surface area contributed by atoms with Crippen LogP contribution in [0.3, 0.4) is 0 Å². The maximum Gasteiger partial charge on any atom is 0.337 e. The van der Waals surface area contributed by atoms with Gasteiger partial charge in [-0.05, 0) is 6.42 Å². The summed E-state index contributed by atoms with van der Waals surface area (Å²) in [5.74, 6) is 0. The number of aliphatic hydroxyl groups excluding tert-OH is 3. The Morgan fingerprint density at radius 1 is 1.42 bits per heavy atom. The van der Waals surface area contributed by atoms with Crippen LogP contribution in [0.15, 0.2) is 0 Å². The van der Waals surface area contributed by atoms with Crippen LogP contribution in [0.25, 0.3) is 0 Å². The predicted molar refractivity (Wildman–Crippen MR) is 65.1 cm³/mol. The minimum atomic E-state index is -1.56. The molecule has 6 atom stereocenters. The molecule has 0 aromatic rings. The summed E-state index contributed by atoms with van der Waals surface area (Å²) < 4.78 is 9.54. The Labute approximate surface area is 111 Å². The van der Waals surface area contributed by atoms with E-state index in [9.17, 15) is 20.3 Å². The number of hydrogen-bond donors (Lipinski definition) is 3. The molecule has 0 radical (unpaired) electrons. The molecule has 0 aliphatic carbocycles. The van der Waals surface area contributed by atoms with E-state index in [-0.39, 0.29) is 19.1 Å².